The van der Waals surface area contributed by atoms with Crippen LogP contribution >= 0.6 is 11.6 Å². The van der Waals surface area contributed by atoms with Crippen LogP contribution in [0.5, 0.6) is 5.75 Å². The van der Waals surface area contributed by atoms with Gasteiger partial charge in [-0.15, -0.1) is 13.2 Å². The van der Waals surface area contributed by atoms with Crippen LogP contribution in [-0.2, 0) is 6.18 Å². The lowest BCUT2D eigenvalue weighted by molar-refractivity contribution is -0.274. The summed E-state index contributed by atoms with van der Waals surface area (Å²) in [7, 11) is 0. The van der Waals surface area contributed by atoms with Crippen LogP contribution in [0.2, 0.25) is 5.02 Å². The molecule has 1 aromatic carbocycles. The topological polar surface area (TPSA) is 9.23 Å². The molecule has 0 spiro atoms. The van der Waals surface area contributed by atoms with E-state index in [1.165, 1.54) is 0 Å². The summed E-state index contributed by atoms with van der Waals surface area (Å²) in [5.41, 5.74) is -1.27. The summed E-state index contributed by atoms with van der Waals surface area (Å²) in [6.07, 6.45) is -9.85. The van der Waals surface area contributed by atoms with Gasteiger partial charge >= 0.3 is 12.5 Å². The second-order valence-electron chi connectivity index (χ2n) is 2.69. The number of benzene rings is 1. The fourth-order valence-electron chi connectivity index (χ4n) is 0.883. The molecule has 1 aromatic rings. The Hall–Kier alpha value is -1.11. The summed E-state index contributed by atoms with van der Waals surface area (Å²) in [6, 6.07) is 1.44. The molecule has 0 radical (unpaired) electrons. The second-order valence-corrected chi connectivity index (χ2v) is 3.10. The monoisotopic (exact) mass is 264 g/mol. The van der Waals surface area contributed by atoms with E-state index in [0.29, 0.717) is 12.1 Å². The first-order chi connectivity index (χ1) is 7.09. The number of hydrogen-bond acceptors (Lipinski definition) is 1. The largest absolute Gasteiger partial charge is 0.573 e. The van der Waals surface area contributed by atoms with E-state index in [4.69, 9.17) is 11.6 Å². The number of rotatable bonds is 1. The molecule has 0 aliphatic heterocycles. The Labute approximate surface area is 90.6 Å². The van der Waals surface area contributed by atoms with Crippen molar-refractivity contribution < 1.29 is 31.1 Å². The smallest absolute Gasteiger partial charge is 0.404 e. The van der Waals surface area contributed by atoms with Crippen molar-refractivity contribution in [1.82, 2.24) is 0 Å². The maximum atomic E-state index is 12.2. The van der Waals surface area contributed by atoms with E-state index >= 15 is 0 Å². The summed E-state index contributed by atoms with van der Waals surface area (Å²) in [5, 5.41) is -0.551. The third-order valence-corrected chi connectivity index (χ3v) is 1.80. The minimum atomic E-state index is -5.09. The van der Waals surface area contributed by atoms with Crippen molar-refractivity contribution in [3.8, 4) is 5.75 Å². The molecule has 0 aliphatic carbocycles. The zero-order chi connectivity index (χ0) is 12.6. The second kappa shape index (κ2) is 4.04. The van der Waals surface area contributed by atoms with Crippen LogP contribution in [0.3, 0.4) is 0 Å². The highest BCUT2D eigenvalue weighted by Crippen LogP contribution is 2.36. The average Bonchev–Trinajstić information content (AvgIpc) is 2.04. The summed E-state index contributed by atoms with van der Waals surface area (Å²) < 4.78 is 75.2. The molecule has 1 rings (SSSR count). The standard InChI is InChI=1S/C8H3ClF6O/c9-5-2-1-4(7(10,11)12)3-6(5)16-8(13,14)15/h1-3H. The summed E-state index contributed by atoms with van der Waals surface area (Å²) in [6.45, 7) is 0. The van der Waals surface area contributed by atoms with Crippen LogP contribution < -0.4 is 4.74 Å². The lowest BCUT2D eigenvalue weighted by atomic mass is 10.2. The van der Waals surface area contributed by atoms with Crippen LogP contribution in [0.15, 0.2) is 18.2 Å². The van der Waals surface area contributed by atoms with Crippen molar-refractivity contribution in [2.45, 2.75) is 12.5 Å². The molecule has 0 aliphatic rings. The summed E-state index contributed by atoms with van der Waals surface area (Å²) in [5.74, 6) is -1.08. The molecule has 0 saturated heterocycles. The van der Waals surface area contributed by atoms with Gasteiger partial charge in [-0.05, 0) is 18.2 Å². The SMILES string of the molecule is FC(F)(F)Oc1cc(C(F)(F)F)ccc1Cl. The molecule has 0 unspecified atom stereocenters. The van der Waals surface area contributed by atoms with Gasteiger partial charge in [-0.1, -0.05) is 11.6 Å². The molecule has 0 fully saturated rings. The zero-order valence-electron chi connectivity index (χ0n) is 7.29. The number of hydrogen-bond donors (Lipinski definition) is 0. The zero-order valence-corrected chi connectivity index (χ0v) is 8.04. The van der Waals surface area contributed by atoms with E-state index in [2.05, 4.69) is 4.74 Å². The molecule has 0 amide bonds. The van der Waals surface area contributed by atoms with Crippen molar-refractivity contribution in [1.29, 1.82) is 0 Å². The molecule has 0 aromatic heterocycles. The van der Waals surface area contributed by atoms with Crippen molar-refractivity contribution in [2.24, 2.45) is 0 Å². The van der Waals surface area contributed by atoms with Crippen LogP contribution in [0.25, 0.3) is 0 Å². The fourth-order valence-corrected chi connectivity index (χ4v) is 1.04. The third-order valence-electron chi connectivity index (χ3n) is 1.48. The van der Waals surface area contributed by atoms with Gasteiger partial charge in [-0.25, -0.2) is 0 Å². The predicted octanol–water partition coefficient (Wildman–Crippen LogP) is 4.26. The molecule has 1 nitrogen and oxygen atoms in total. The summed E-state index contributed by atoms with van der Waals surface area (Å²) >= 11 is 5.26. The van der Waals surface area contributed by atoms with Gasteiger partial charge in [0, 0.05) is 0 Å². The quantitative estimate of drug-likeness (QED) is 0.689. The van der Waals surface area contributed by atoms with Gasteiger partial charge in [0.15, 0.2) is 0 Å². The highest BCUT2D eigenvalue weighted by atomic mass is 35.5. The minimum absolute atomic E-state index is 0.190. The normalized spacial score (nSPS) is 12.7. The first-order valence-electron chi connectivity index (χ1n) is 3.72. The highest BCUT2D eigenvalue weighted by Gasteiger charge is 2.35. The lowest BCUT2D eigenvalue weighted by Gasteiger charge is -2.13. The van der Waals surface area contributed by atoms with Crippen molar-refractivity contribution in [3.05, 3.63) is 28.8 Å². The predicted molar refractivity (Wildman–Crippen MR) is 43.1 cm³/mol. The molecule has 0 saturated carbocycles. The van der Waals surface area contributed by atoms with Crippen molar-refractivity contribution >= 4 is 11.6 Å². The number of ether oxygens (including phenoxy) is 1. The van der Waals surface area contributed by atoms with Gasteiger partial charge in [0.1, 0.15) is 5.75 Å². The number of alkyl halides is 6. The number of halogens is 7. The van der Waals surface area contributed by atoms with Gasteiger partial charge in [-0.3, -0.25) is 0 Å². The molecule has 0 bridgehead atoms. The Morgan fingerprint density at radius 1 is 1.00 bits per heavy atom. The molecule has 0 atom stereocenters. The van der Waals surface area contributed by atoms with Gasteiger partial charge in [0.2, 0.25) is 0 Å². The Kier molecular flexibility index (Phi) is 3.27. The van der Waals surface area contributed by atoms with Crippen LogP contribution in [0.4, 0.5) is 26.3 Å². The van der Waals surface area contributed by atoms with Gasteiger partial charge in [-0.2, -0.15) is 13.2 Å². The van der Waals surface area contributed by atoms with Gasteiger partial charge in [0.25, 0.3) is 0 Å². The van der Waals surface area contributed by atoms with E-state index < -0.39 is 28.9 Å². The highest BCUT2D eigenvalue weighted by molar-refractivity contribution is 6.32. The summed E-state index contributed by atoms with van der Waals surface area (Å²) in [4.78, 5) is 0. The molecular formula is C8H3ClF6O. The fraction of sp³-hybridized carbons (Fsp3) is 0.250. The average molecular weight is 265 g/mol. The Bertz CT molecular complexity index is 383. The van der Waals surface area contributed by atoms with Crippen LogP contribution in [-0.4, -0.2) is 6.36 Å². The minimum Gasteiger partial charge on any atom is -0.404 e. The van der Waals surface area contributed by atoms with E-state index in [1.54, 1.807) is 0 Å². The Balaban J connectivity index is 3.10. The molecular weight excluding hydrogens is 262 g/mol. The first kappa shape index (κ1) is 13.0. The van der Waals surface area contributed by atoms with Crippen molar-refractivity contribution in [2.75, 3.05) is 0 Å². The van der Waals surface area contributed by atoms with Crippen LogP contribution in [0, 0.1) is 0 Å². The third kappa shape index (κ3) is 3.48. The van der Waals surface area contributed by atoms with Gasteiger partial charge in [0.05, 0.1) is 10.6 Å². The molecule has 16 heavy (non-hydrogen) atoms. The van der Waals surface area contributed by atoms with E-state index in [0.717, 1.165) is 0 Å². The Morgan fingerprint density at radius 3 is 2.00 bits per heavy atom. The molecule has 8 heteroatoms. The van der Waals surface area contributed by atoms with E-state index in [9.17, 15) is 26.3 Å². The molecule has 0 N–H and O–H groups in total. The van der Waals surface area contributed by atoms with Crippen LogP contribution in [0.1, 0.15) is 5.56 Å². The van der Waals surface area contributed by atoms with Gasteiger partial charge < -0.3 is 4.74 Å². The first-order valence-corrected chi connectivity index (χ1v) is 4.10. The maximum Gasteiger partial charge on any atom is 0.573 e. The van der Waals surface area contributed by atoms with E-state index in [1.807, 2.05) is 0 Å². The van der Waals surface area contributed by atoms with Crippen molar-refractivity contribution in [3.63, 3.8) is 0 Å². The molecule has 0 heterocycles. The Morgan fingerprint density at radius 2 is 1.56 bits per heavy atom. The van der Waals surface area contributed by atoms with E-state index in [-0.39, 0.29) is 6.07 Å². The maximum absolute atomic E-state index is 12.2. The lowest BCUT2D eigenvalue weighted by Crippen LogP contribution is -2.18. The molecule has 90 valence electrons.